The van der Waals surface area contributed by atoms with Crippen LogP contribution in [-0.4, -0.2) is 4.92 Å². The fourth-order valence-corrected chi connectivity index (χ4v) is 2.36. The number of halogens is 1. The van der Waals surface area contributed by atoms with E-state index in [0.29, 0.717) is 16.3 Å². The van der Waals surface area contributed by atoms with Crippen molar-refractivity contribution in [2.24, 2.45) is 0 Å². The summed E-state index contributed by atoms with van der Waals surface area (Å²) in [6.45, 7) is 0. The Kier molecular flexibility index (Phi) is 3.16. The van der Waals surface area contributed by atoms with Gasteiger partial charge in [-0.25, -0.2) is 0 Å². The molecule has 0 spiro atoms. The fraction of sp³-hybridized carbons (Fsp3) is 0.0667. The molecule has 1 heterocycles. The first-order chi connectivity index (χ1) is 9.65. The third kappa shape index (κ3) is 2.26. The lowest BCUT2D eigenvalue weighted by molar-refractivity contribution is -0.434. The average molecular weight is 288 g/mol. The van der Waals surface area contributed by atoms with Crippen molar-refractivity contribution in [3.63, 3.8) is 0 Å². The maximum Gasteiger partial charge on any atom is 0.291 e. The summed E-state index contributed by atoms with van der Waals surface area (Å²) < 4.78 is 5.78. The van der Waals surface area contributed by atoms with Gasteiger partial charge in [-0.15, -0.1) is 0 Å². The van der Waals surface area contributed by atoms with E-state index in [1.165, 1.54) is 6.08 Å². The summed E-state index contributed by atoms with van der Waals surface area (Å²) in [5, 5.41) is 11.8. The van der Waals surface area contributed by atoms with Crippen LogP contribution in [0.2, 0.25) is 5.02 Å². The lowest BCUT2D eigenvalue weighted by atomic mass is 10.0. The Morgan fingerprint density at radius 2 is 1.90 bits per heavy atom. The molecular formula is C15H10ClNO3. The number of hydrogen-bond donors (Lipinski definition) is 0. The molecule has 1 unspecified atom stereocenters. The normalized spacial score (nSPS) is 16.9. The average Bonchev–Trinajstić information content (AvgIpc) is 2.46. The second kappa shape index (κ2) is 4.98. The SMILES string of the molecule is O=[N+]([O-])C1=Cc2cc(Cl)ccc2OC1c1ccccc1. The number of benzene rings is 2. The topological polar surface area (TPSA) is 52.4 Å². The standard InChI is InChI=1S/C15H10ClNO3/c16-12-6-7-14-11(8-12)9-13(17(18)19)15(20-14)10-4-2-1-3-5-10/h1-9,15H. The van der Waals surface area contributed by atoms with Gasteiger partial charge in [0.1, 0.15) is 5.75 Å². The Bertz CT molecular complexity index is 698. The molecule has 5 heteroatoms. The van der Waals surface area contributed by atoms with E-state index in [-0.39, 0.29) is 5.70 Å². The number of fused-ring (bicyclic) bond motifs is 1. The molecule has 4 nitrogen and oxygen atoms in total. The molecule has 0 fully saturated rings. The molecular weight excluding hydrogens is 278 g/mol. The zero-order chi connectivity index (χ0) is 14.1. The zero-order valence-electron chi connectivity index (χ0n) is 10.3. The summed E-state index contributed by atoms with van der Waals surface area (Å²) in [5.74, 6) is 0.592. The van der Waals surface area contributed by atoms with Crippen molar-refractivity contribution in [2.45, 2.75) is 6.10 Å². The lowest BCUT2D eigenvalue weighted by Gasteiger charge is -2.22. The highest BCUT2D eigenvalue weighted by Gasteiger charge is 2.32. The van der Waals surface area contributed by atoms with Crippen LogP contribution in [0.4, 0.5) is 0 Å². The first kappa shape index (κ1) is 12.7. The number of hydrogen-bond acceptors (Lipinski definition) is 3. The smallest absolute Gasteiger partial charge is 0.291 e. The molecule has 1 aliphatic heterocycles. The van der Waals surface area contributed by atoms with Gasteiger partial charge in [0, 0.05) is 22.2 Å². The highest BCUT2D eigenvalue weighted by Crippen LogP contribution is 2.38. The summed E-state index contributed by atoms with van der Waals surface area (Å²) in [4.78, 5) is 10.8. The van der Waals surface area contributed by atoms with Gasteiger partial charge in [0.25, 0.3) is 5.70 Å². The Hall–Kier alpha value is -2.33. The van der Waals surface area contributed by atoms with Crippen LogP contribution in [0, 0.1) is 10.1 Å². The molecule has 1 aliphatic rings. The third-order valence-electron chi connectivity index (χ3n) is 3.10. The van der Waals surface area contributed by atoms with Crippen molar-refractivity contribution in [3.05, 3.63) is 80.5 Å². The number of ether oxygens (including phenoxy) is 1. The van der Waals surface area contributed by atoms with Gasteiger partial charge in [0.15, 0.2) is 0 Å². The summed E-state index contributed by atoms with van der Waals surface area (Å²) in [6, 6.07) is 14.2. The van der Waals surface area contributed by atoms with Crippen molar-refractivity contribution >= 4 is 17.7 Å². The Labute approximate surface area is 120 Å². The van der Waals surface area contributed by atoms with Crippen LogP contribution in [0.15, 0.2) is 54.2 Å². The van der Waals surface area contributed by atoms with Crippen molar-refractivity contribution in [3.8, 4) is 5.75 Å². The summed E-state index contributed by atoms with van der Waals surface area (Å²) in [5.41, 5.74) is 1.37. The molecule has 2 aromatic carbocycles. The maximum absolute atomic E-state index is 11.3. The molecule has 2 aromatic rings. The molecule has 0 saturated heterocycles. The van der Waals surface area contributed by atoms with E-state index in [1.54, 1.807) is 18.2 Å². The van der Waals surface area contributed by atoms with E-state index in [9.17, 15) is 10.1 Å². The molecule has 20 heavy (non-hydrogen) atoms. The van der Waals surface area contributed by atoms with Gasteiger partial charge in [-0.1, -0.05) is 41.9 Å². The molecule has 0 aromatic heterocycles. The minimum absolute atomic E-state index is 0.00552. The predicted octanol–water partition coefficient (Wildman–Crippen LogP) is 4.09. The van der Waals surface area contributed by atoms with E-state index in [2.05, 4.69) is 0 Å². The van der Waals surface area contributed by atoms with Crippen LogP contribution in [0.25, 0.3) is 6.08 Å². The van der Waals surface area contributed by atoms with Crippen LogP contribution in [-0.2, 0) is 0 Å². The van der Waals surface area contributed by atoms with E-state index in [1.807, 2.05) is 30.3 Å². The highest BCUT2D eigenvalue weighted by molar-refractivity contribution is 6.30. The molecule has 0 bridgehead atoms. The molecule has 3 rings (SSSR count). The van der Waals surface area contributed by atoms with Crippen molar-refractivity contribution in [1.82, 2.24) is 0 Å². The monoisotopic (exact) mass is 287 g/mol. The van der Waals surface area contributed by atoms with Crippen molar-refractivity contribution in [2.75, 3.05) is 0 Å². The Morgan fingerprint density at radius 1 is 1.15 bits per heavy atom. The maximum atomic E-state index is 11.3. The minimum Gasteiger partial charge on any atom is -0.474 e. The van der Waals surface area contributed by atoms with Crippen molar-refractivity contribution < 1.29 is 9.66 Å². The second-order valence-corrected chi connectivity index (χ2v) is 4.85. The molecule has 0 aliphatic carbocycles. The van der Waals surface area contributed by atoms with Gasteiger partial charge in [0.2, 0.25) is 6.10 Å². The molecule has 0 N–H and O–H groups in total. The van der Waals surface area contributed by atoms with Crippen LogP contribution in [0.1, 0.15) is 17.2 Å². The van der Waals surface area contributed by atoms with E-state index in [0.717, 1.165) is 5.56 Å². The second-order valence-electron chi connectivity index (χ2n) is 4.42. The van der Waals surface area contributed by atoms with Gasteiger partial charge >= 0.3 is 0 Å². The highest BCUT2D eigenvalue weighted by atomic mass is 35.5. The first-order valence-electron chi connectivity index (χ1n) is 6.02. The number of nitrogens with zero attached hydrogens (tertiary/aromatic N) is 1. The van der Waals surface area contributed by atoms with Gasteiger partial charge in [-0.2, -0.15) is 0 Å². The molecule has 100 valence electrons. The zero-order valence-corrected chi connectivity index (χ0v) is 11.1. The predicted molar refractivity (Wildman–Crippen MR) is 76.2 cm³/mol. The molecule has 0 amide bonds. The molecule has 0 radical (unpaired) electrons. The molecule has 0 saturated carbocycles. The van der Waals surface area contributed by atoms with E-state index >= 15 is 0 Å². The third-order valence-corrected chi connectivity index (χ3v) is 3.34. The summed E-state index contributed by atoms with van der Waals surface area (Å²) in [6.07, 6.45) is 0.808. The summed E-state index contributed by atoms with van der Waals surface area (Å²) >= 11 is 5.90. The van der Waals surface area contributed by atoms with E-state index < -0.39 is 11.0 Å². The fourth-order valence-electron chi connectivity index (χ4n) is 2.18. The van der Waals surface area contributed by atoms with Crippen molar-refractivity contribution in [1.29, 1.82) is 0 Å². The molecule has 1 atom stereocenters. The Balaban J connectivity index is 2.10. The van der Waals surface area contributed by atoms with Crippen LogP contribution in [0.3, 0.4) is 0 Å². The van der Waals surface area contributed by atoms with Crippen LogP contribution < -0.4 is 4.74 Å². The van der Waals surface area contributed by atoms with Gasteiger partial charge in [-0.05, 0) is 18.2 Å². The Morgan fingerprint density at radius 3 is 2.60 bits per heavy atom. The lowest BCUT2D eigenvalue weighted by Crippen LogP contribution is -2.19. The van der Waals surface area contributed by atoms with E-state index in [4.69, 9.17) is 16.3 Å². The van der Waals surface area contributed by atoms with Gasteiger partial charge in [-0.3, -0.25) is 10.1 Å². The van der Waals surface area contributed by atoms with Gasteiger partial charge < -0.3 is 4.74 Å². The first-order valence-corrected chi connectivity index (χ1v) is 6.40. The number of rotatable bonds is 2. The largest absolute Gasteiger partial charge is 0.474 e. The minimum atomic E-state index is -0.708. The van der Waals surface area contributed by atoms with Crippen LogP contribution >= 0.6 is 11.6 Å². The summed E-state index contributed by atoms with van der Waals surface area (Å²) in [7, 11) is 0. The van der Waals surface area contributed by atoms with Gasteiger partial charge in [0.05, 0.1) is 4.92 Å². The van der Waals surface area contributed by atoms with Crippen LogP contribution in [0.5, 0.6) is 5.75 Å². The number of nitro groups is 1. The quantitative estimate of drug-likeness (QED) is 0.617.